The van der Waals surface area contributed by atoms with Crippen molar-refractivity contribution in [2.45, 2.75) is 51.0 Å². The molecule has 3 aromatic rings. The van der Waals surface area contributed by atoms with E-state index in [1.165, 1.54) is 0 Å². The number of anilines is 2. The summed E-state index contributed by atoms with van der Waals surface area (Å²) < 4.78 is 25.9. The molecule has 2 N–H and O–H groups in total. The second kappa shape index (κ2) is 7.63. The second-order valence-electron chi connectivity index (χ2n) is 9.53. The van der Waals surface area contributed by atoms with Crippen LogP contribution in [-0.2, 0) is 21.1 Å². The molecule has 34 heavy (non-hydrogen) atoms. The van der Waals surface area contributed by atoms with Crippen LogP contribution in [0.5, 0.6) is 0 Å². The molecule has 10 heteroatoms. The van der Waals surface area contributed by atoms with Crippen molar-refractivity contribution in [2.75, 3.05) is 22.1 Å². The number of hydrogen-bond acceptors (Lipinski definition) is 6. The van der Waals surface area contributed by atoms with E-state index in [0.717, 1.165) is 29.8 Å². The highest BCUT2D eigenvalue weighted by Crippen LogP contribution is 2.41. The van der Waals surface area contributed by atoms with Gasteiger partial charge in [0.2, 0.25) is 5.91 Å². The molecule has 1 aromatic carbocycles. The topological polar surface area (TPSA) is 123 Å². The van der Waals surface area contributed by atoms with Crippen molar-refractivity contribution in [3.8, 4) is 0 Å². The number of carbonyl (C=O) groups excluding carboxylic acids is 2. The number of carbonyl (C=O) groups is 2. The summed E-state index contributed by atoms with van der Waals surface area (Å²) in [6, 6.07) is 7.08. The molecule has 176 valence electrons. The van der Waals surface area contributed by atoms with Gasteiger partial charge in [-0.05, 0) is 62.4 Å². The zero-order valence-electron chi connectivity index (χ0n) is 18.8. The molecule has 1 saturated heterocycles. The Balaban J connectivity index is 1.39. The average Bonchev–Trinajstić information content (AvgIpc) is 3.52. The first-order chi connectivity index (χ1) is 16.3. The van der Waals surface area contributed by atoms with Gasteiger partial charge in [0, 0.05) is 29.4 Å². The van der Waals surface area contributed by atoms with E-state index in [2.05, 4.69) is 15.7 Å². The highest BCUT2D eigenvalue weighted by molar-refractivity contribution is 7.91. The van der Waals surface area contributed by atoms with Gasteiger partial charge in [-0.15, -0.1) is 0 Å². The van der Waals surface area contributed by atoms with Gasteiger partial charge >= 0.3 is 0 Å². The molecule has 0 radical (unpaired) electrons. The molecule has 1 aliphatic carbocycles. The van der Waals surface area contributed by atoms with Gasteiger partial charge in [0.05, 0.1) is 34.2 Å². The van der Waals surface area contributed by atoms with Gasteiger partial charge in [-0.25, -0.2) is 18.1 Å². The van der Waals surface area contributed by atoms with Crippen LogP contribution < -0.4 is 10.6 Å². The molecular formula is C24H25N5O4S. The number of rotatable bonds is 4. The first kappa shape index (κ1) is 21.3. The Bertz CT molecular complexity index is 1470. The van der Waals surface area contributed by atoms with Gasteiger partial charge in [-0.3, -0.25) is 9.59 Å². The molecule has 1 atom stereocenters. The summed E-state index contributed by atoms with van der Waals surface area (Å²) in [6.45, 7) is 1.83. The minimum Gasteiger partial charge on any atom is -0.326 e. The standard InChI is InChI=1S/C24H25N5O4S/c1-13-22-18(24(31)25-16-5-6-19-15(10-16)4-7-21(30)26-19)11-20(14-2-3-14)27-23(22)29(28-13)17-8-9-34(32,33)12-17/h5-6,10-11,14,17H,2-4,7-9,12H2,1H3,(H,25,31)(H,26,30)/t17-/m1/s1. The summed E-state index contributed by atoms with van der Waals surface area (Å²) in [4.78, 5) is 30.0. The van der Waals surface area contributed by atoms with Crippen LogP contribution >= 0.6 is 0 Å². The number of nitrogens with one attached hydrogen (secondary N) is 2. The van der Waals surface area contributed by atoms with Crippen molar-refractivity contribution in [2.24, 2.45) is 0 Å². The van der Waals surface area contributed by atoms with Gasteiger partial charge in [-0.1, -0.05) is 0 Å². The van der Waals surface area contributed by atoms with Crippen molar-refractivity contribution in [3.63, 3.8) is 0 Å². The Morgan fingerprint density at radius 1 is 1.18 bits per heavy atom. The molecule has 1 saturated carbocycles. The van der Waals surface area contributed by atoms with Crippen molar-refractivity contribution < 1.29 is 18.0 Å². The number of nitrogens with zero attached hydrogens (tertiary/aromatic N) is 3. The molecule has 9 nitrogen and oxygen atoms in total. The minimum absolute atomic E-state index is 0.00128. The largest absolute Gasteiger partial charge is 0.326 e. The smallest absolute Gasteiger partial charge is 0.256 e. The quantitative estimate of drug-likeness (QED) is 0.593. The molecule has 2 amide bonds. The first-order valence-corrected chi connectivity index (χ1v) is 13.4. The Morgan fingerprint density at radius 3 is 2.74 bits per heavy atom. The van der Waals surface area contributed by atoms with E-state index in [-0.39, 0.29) is 29.4 Å². The minimum atomic E-state index is -3.09. The molecule has 0 bridgehead atoms. The maximum absolute atomic E-state index is 13.5. The number of hydrogen-bond donors (Lipinski definition) is 2. The maximum atomic E-state index is 13.5. The van der Waals surface area contributed by atoms with Crippen LogP contribution in [0.4, 0.5) is 11.4 Å². The van der Waals surface area contributed by atoms with Crippen molar-refractivity contribution >= 4 is 44.1 Å². The Kier molecular flexibility index (Phi) is 4.77. The van der Waals surface area contributed by atoms with Gasteiger partial charge in [-0.2, -0.15) is 5.10 Å². The number of aryl methyl sites for hydroxylation is 2. The third kappa shape index (κ3) is 3.75. The maximum Gasteiger partial charge on any atom is 0.256 e. The van der Waals surface area contributed by atoms with E-state index in [4.69, 9.17) is 4.98 Å². The summed E-state index contributed by atoms with van der Waals surface area (Å²) in [6.07, 6.45) is 3.62. The van der Waals surface area contributed by atoms with Crippen LogP contribution in [0, 0.1) is 6.92 Å². The van der Waals surface area contributed by atoms with Crippen LogP contribution in [0.3, 0.4) is 0 Å². The first-order valence-electron chi connectivity index (χ1n) is 11.6. The van der Waals surface area contributed by atoms with Crippen molar-refractivity contribution in [1.82, 2.24) is 14.8 Å². The van der Waals surface area contributed by atoms with Gasteiger partial charge in [0.25, 0.3) is 5.91 Å². The summed E-state index contributed by atoms with van der Waals surface area (Å²) in [7, 11) is -3.09. The number of amides is 2. The van der Waals surface area contributed by atoms with Gasteiger partial charge in [0.1, 0.15) is 0 Å². The normalized spacial score (nSPS) is 21.3. The SMILES string of the molecule is Cc1nn([C@@H]2CCS(=O)(=O)C2)c2nc(C3CC3)cc(C(=O)Nc3ccc4c(c3)CCC(=O)N4)c12. The van der Waals surface area contributed by atoms with Crippen LogP contribution in [-0.4, -0.2) is 46.5 Å². The van der Waals surface area contributed by atoms with Crippen molar-refractivity contribution in [3.05, 3.63) is 46.8 Å². The Hall–Kier alpha value is -3.27. The fourth-order valence-electron chi connectivity index (χ4n) is 4.98. The fourth-order valence-corrected chi connectivity index (χ4v) is 6.67. The molecule has 2 aliphatic heterocycles. The third-order valence-electron chi connectivity index (χ3n) is 6.91. The van der Waals surface area contributed by atoms with E-state index >= 15 is 0 Å². The zero-order valence-corrected chi connectivity index (χ0v) is 19.6. The van der Waals surface area contributed by atoms with E-state index in [1.54, 1.807) is 10.7 Å². The second-order valence-corrected chi connectivity index (χ2v) is 11.8. The number of aromatic nitrogens is 3. The monoisotopic (exact) mass is 479 g/mol. The molecule has 0 unspecified atom stereocenters. The highest BCUT2D eigenvalue weighted by atomic mass is 32.2. The zero-order chi connectivity index (χ0) is 23.6. The number of fused-ring (bicyclic) bond motifs is 2. The number of sulfone groups is 1. The van der Waals surface area contributed by atoms with Crippen molar-refractivity contribution in [1.29, 1.82) is 0 Å². The van der Waals surface area contributed by atoms with Crippen LogP contribution in [0.15, 0.2) is 24.3 Å². The summed E-state index contributed by atoms with van der Waals surface area (Å²) in [5.74, 6) is 0.256. The molecule has 6 rings (SSSR count). The van der Waals surface area contributed by atoms with Crippen LogP contribution in [0.2, 0.25) is 0 Å². The van der Waals surface area contributed by atoms with Gasteiger partial charge < -0.3 is 10.6 Å². The molecule has 0 spiro atoms. The summed E-state index contributed by atoms with van der Waals surface area (Å²) in [5.41, 5.74) is 5.03. The predicted octanol–water partition coefficient (Wildman–Crippen LogP) is 3.11. The predicted molar refractivity (Wildman–Crippen MR) is 128 cm³/mol. The lowest BCUT2D eigenvalue weighted by Crippen LogP contribution is -2.19. The molecule has 2 aromatic heterocycles. The Labute approximate surface area is 196 Å². The lowest BCUT2D eigenvalue weighted by atomic mass is 10.0. The summed E-state index contributed by atoms with van der Waals surface area (Å²) >= 11 is 0. The van der Waals surface area contributed by atoms with Crippen LogP contribution in [0.25, 0.3) is 11.0 Å². The highest BCUT2D eigenvalue weighted by Gasteiger charge is 2.34. The lowest BCUT2D eigenvalue weighted by molar-refractivity contribution is -0.116. The van der Waals surface area contributed by atoms with E-state index in [0.29, 0.717) is 53.2 Å². The molecular weight excluding hydrogens is 454 g/mol. The number of benzene rings is 1. The average molecular weight is 480 g/mol. The summed E-state index contributed by atoms with van der Waals surface area (Å²) in [5, 5.41) is 11.2. The van der Waals surface area contributed by atoms with Gasteiger partial charge in [0.15, 0.2) is 15.5 Å². The third-order valence-corrected chi connectivity index (χ3v) is 8.66. The lowest BCUT2D eigenvalue weighted by Gasteiger charge is -2.18. The van der Waals surface area contributed by atoms with E-state index in [1.807, 2.05) is 25.1 Å². The van der Waals surface area contributed by atoms with E-state index in [9.17, 15) is 18.0 Å². The van der Waals surface area contributed by atoms with Crippen LogP contribution in [0.1, 0.15) is 65.0 Å². The number of pyridine rings is 1. The molecule has 3 aliphatic rings. The Morgan fingerprint density at radius 2 is 2.00 bits per heavy atom. The molecule has 2 fully saturated rings. The van der Waals surface area contributed by atoms with E-state index < -0.39 is 9.84 Å². The fraction of sp³-hybridized carbons (Fsp3) is 0.417. The molecule has 4 heterocycles.